The number of thioether (sulfide) groups is 1. The molecular formula is C26H23NO5S. The third-order valence-electron chi connectivity index (χ3n) is 5.09. The summed E-state index contributed by atoms with van der Waals surface area (Å²) in [6.07, 6.45) is 3.39. The second-order valence-electron chi connectivity index (χ2n) is 7.52. The fourth-order valence-electron chi connectivity index (χ4n) is 3.28. The molecule has 2 aromatic carbocycles. The average Bonchev–Trinajstić information content (AvgIpc) is 3.40. The number of esters is 1. The van der Waals surface area contributed by atoms with Crippen molar-refractivity contribution in [3.63, 3.8) is 0 Å². The van der Waals surface area contributed by atoms with Gasteiger partial charge < -0.3 is 9.15 Å². The minimum absolute atomic E-state index is 0.236. The Balaban J connectivity index is 1.43. The van der Waals surface area contributed by atoms with Gasteiger partial charge in [0.15, 0.2) is 0 Å². The van der Waals surface area contributed by atoms with Crippen molar-refractivity contribution in [3.05, 3.63) is 88.5 Å². The van der Waals surface area contributed by atoms with Crippen LogP contribution < -0.4 is 0 Å². The number of carbonyl (C=O) groups is 3. The molecule has 7 heteroatoms. The minimum Gasteiger partial charge on any atom is -0.462 e. The maximum atomic E-state index is 12.7. The van der Waals surface area contributed by atoms with E-state index in [0.29, 0.717) is 28.6 Å². The lowest BCUT2D eigenvalue weighted by atomic mass is 10.1. The van der Waals surface area contributed by atoms with Gasteiger partial charge in [0.2, 0.25) is 0 Å². The molecule has 0 radical (unpaired) electrons. The van der Waals surface area contributed by atoms with Gasteiger partial charge in [0.05, 0.1) is 23.6 Å². The Kier molecular flexibility index (Phi) is 7.10. The van der Waals surface area contributed by atoms with Crippen LogP contribution in [0.3, 0.4) is 0 Å². The van der Waals surface area contributed by atoms with Crippen molar-refractivity contribution in [2.75, 3.05) is 6.61 Å². The highest BCUT2D eigenvalue weighted by Gasteiger charge is 2.35. The molecule has 2 amide bonds. The highest BCUT2D eigenvalue weighted by Crippen LogP contribution is 2.34. The number of hydrogen-bond donors (Lipinski definition) is 0. The Bertz CT molecular complexity index is 1180. The molecule has 1 aliphatic heterocycles. The van der Waals surface area contributed by atoms with Gasteiger partial charge in [-0.15, -0.1) is 0 Å². The van der Waals surface area contributed by atoms with E-state index in [4.69, 9.17) is 9.15 Å². The lowest BCUT2D eigenvalue weighted by Gasteiger charge is -2.11. The first kappa shape index (κ1) is 22.6. The summed E-state index contributed by atoms with van der Waals surface area (Å²) in [5, 5.41) is -0.303. The summed E-state index contributed by atoms with van der Waals surface area (Å²) in [4.78, 5) is 38.7. The highest BCUT2D eigenvalue weighted by atomic mass is 32.2. The summed E-state index contributed by atoms with van der Waals surface area (Å²) in [6, 6.07) is 19.9. The van der Waals surface area contributed by atoms with E-state index in [9.17, 15) is 14.4 Å². The maximum Gasteiger partial charge on any atom is 0.338 e. The fraction of sp³-hybridized carbons (Fsp3) is 0.192. The van der Waals surface area contributed by atoms with Gasteiger partial charge in [0.25, 0.3) is 11.1 Å². The number of rotatable bonds is 8. The topological polar surface area (TPSA) is 76.8 Å². The molecule has 6 nitrogen and oxygen atoms in total. The molecule has 0 unspecified atom stereocenters. The summed E-state index contributed by atoms with van der Waals surface area (Å²) in [5.74, 6) is 0.382. The number of nitrogens with zero attached hydrogens (tertiary/aromatic N) is 1. The minimum atomic E-state index is -0.346. The van der Waals surface area contributed by atoms with E-state index >= 15 is 0 Å². The first-order chi connectivity index (χ1) is 16.0. The predicted molar refractivity (Wildman–Crippen MR) is 127 cm³/mol. The summed E-state index contributed by atoms with van der Waals surface area (Å²) < 4.78 is 11.1. The molecule has 1 aliphatic rings. The second kappa shape index (κ2) is 10.4. The van der Waals surface area contributed by atoms with Crippen LogP contribution in [0.25, 0.3) is 17.4 Å². The van der Waals surface area contributed by atoms with Crippen LogP contribution in [-0.4, -0.2) is 28.6 Å². The SMILES string of the molecule is CCCCOC(=O)c1ccc(-c2ccc(/C=C3\SC(=O)N(Cc4ccccc4)C3=O)o2)cc1. The van der Waals surface area contributed by atoms with Crippen molar-refractivity contribution >= 4 is 35.0 Å². The van der Waals surface area contributed by atoms with E-state index in [-0.39, 0.29) is 23.7 Å². The number of benzene rings is 2. The molecule has 3 aromatic rings. The van der Waals surface area contributed by atoms with Gasteiger partial charge in [-0.1, -0.05) is 55.8 Å². The lowest BCUT2D eigenvalue weighted by Crippen LogP contribution is -2.27. The van der Waals surface area contributed by atoms with Gasteiger partial charge >= 0.3 is 5.97 Å². The van der Waals surface area contributed by atoms with Crippen LogP contribution in [0.5, 0.6) is 0 Å². The average molecular weight is 462 g/mol. The first-order valence-electron chi connectivity index (χ1n) is 10.7. The Morgan fingerprint density at radius 2 is 1.79 bits per heavy atom. The van der Waals surface area contributed by atoms with E-state index in [2.05, 4.69) is 0 Å². The van der Waals surface area contributed by atoms with E-state index in [1.54, 1.807) is 42.5 Å². The van der Waals surface area contributed by atoms with Gasteiger partial charge in [0.1, 0.15) is 11.5 Å². The highest BCUT2D eigenvalue weighted by molar-refractivity contribution is 8.18. The summed E-state index contributed by atoms with van der Waals surface area (Å²) in [7, 11) is 0. The zero-order valence-corrected chi connectivity index (χ0v) is 19.0. The number of amides is 2. The molecule has 1 aromatic heterocycles. The van der Waals surface area contributed by atoms with Gasteiger partial charge in [-0.05, 0) is 48.0 Å². The Labute approximate surface area is 196 Å². The van der Waals surface area contributed by atoms with E-state index < -0.39 is 0 Å². The first-order valence-corrected chi connectivity index (χ1v) is 11.5. The van der Waals surface area contributed by atoms with Crippen molar-refractivity contribution in [3.8, 4) is 11.3 Å². The molecule has 168 valence electrons. The maximum absolute atomic E-state index is 12.7. The van der Waals surface area contributed by atoms with Crippen LogP contribution in [0.1, 0.15) is 41.4 Å². The number of carbonyl (C=O) groups excluding carboxylic acids is 3. The number of ether oxygens (including phenoxy) is 1. The Morgan fingerprint density at radius 1 is 1.03 bits per heavy atom. The zero-order chi connectivity index (χ0) is 23.2. The number of unbranched alkanes of at least 4 members (excludes halogenated alkanes) is 1. The van der Waals surface area contributed by atoms with Crippen LogP contribution in [0, 0.1) is 0 Å². The zero-order valence-electron chi connectivity index (χ0n) is 18.2. The van der Waals surface area contributed by atoms with E-state index in [1.165, 1.54) is 4.90 Å². The normalized spacial score (nSPS) is 14.8. The van der Waals surface area contributed by atoms with Gasteiger partial charge in [0, 0.05) is 11.6 Å². The monoisotopic (exact) mass is 461 g/mol. The van der Waals surface area contributed by atoms with E-state index in [1.807, 2.05) is 37.3 Å². The molecule has 0 saturated carbocycles. The number of hydrogen-bond acceptors (Lipinski definition) is 6. The fourth-order valence-corrected chi connectivity index (χ4v) is 4.10. The third-order valence-corrected chi connectivity index (χ3v) is 6.00. The van der Waals surface area contributed by atoms with Gasteiger partial charge in [-0.3, -0.25) is 14.5 Å². The summed E-state index contributed by atoms with van der Waals surface area (Å²) in [6.45, 7) is 2.69. The number of imide groups is 1. The van der Waals surface area contributed by atoms with Crippen LogP contribution in [-0.2, 0) is 16.1 Å². The third kappa shape index (κ3) is 5.43. The van der Waals surface area contributed by atoms with Gasteiger partial charge in [-0.2, -0.15) is 0 Å². The Hall–Kier alpha value is -3.58. The van der Waals surface area contributed by atoms with Crippen molar-refractivity contribution in [2.45, 2.75) is 26.3 Å². The van der Waals surface area contributed by atoms with Crippen LogP contribution in [0.15, 0.2) is 76.1 Å². The van der Waals surface area contributed by atoms with E-state index in [0.717, 1.165) is 35.7 Å². The molecule has 1 saturated heterocycles. The summed E-state index contributed by atoms with van der Waals surface area (Å²) in [5.41, 5.74) is 2.16. The standard InChI is InChI=1S/C26H23NO5S/c1-2-3-15-31-25(29)20-11-9-19(10-12-20)22-14-13-21(32-22)16-23-24(28)27(26(30)33-23)17-18-7-5-4-6-8-18/h4-14,16H,2-3,15,17H2,1H3/b23-16-. The van der Waals surface area contributed by atoms with Crippen molar-refractivity contribution in [2.24, 2.45) is 0 Å². The molecule has 0 N–H and O–H groups in total. The van der Waals surface area contributed by atoms with Crippen LogP contribution >= 0.6 is 11.8 Å². The smallest absolute Gasteiger partial charge is 0.338 e. The molecule has 0 atom stereocenters. The molecule has 0 bridgehead atoms. The van der Waals surface area contributed by atoms with Crippen molar-refractivity contribution < 1.29 is 23.5 Å². The van der Waals surface area contributed by atoms with Crippen LogP contribution in [0.2, 0.25) is 0 Å². The molecule has 33 heavy (non-hydrogen) atoms. The molecule has 0 spiro atoms. The summed E-state index contributed by atoms with van der Waals surface area (Å²) >= 11 is 0.901. The molecular weight excluding hydrogens is 438 g/mol. The second-order valence-corrected chi connectivity index (χ2v) is 8.52. The van der Waals surface area contributed by atoms with Crippen molar-refractivity contribution in [1.29, 1.82) is 0 Å². The molecule has 4 rings (SSSR count). The number of furan rings is 1. The lowest BCUT2D eigenvalue weighted by molar-refractivity contribution is -0.123. The van der Waals surface area contributed by atoms with Gasteiger partial charge in [-0.25, -0.2) is 4.79 Å². The largest absolute Gasteiger partial charge is 0.462 e. The molecule has 2 heterocycles. The predicted octanol–water partition coefficient (Wildman–Crippen LogP) is 6.14. The van der Waals surface area contributed by atoms with Crippen molar-refractivity contribution in [1.82, 2.24) is 4.90 Å². The quantitative estimate of drug-likeness (QED) is 0.228. The van der Waals surface area contributed by atoms with Crippen LogP contribution in [0.4, 0.5) is 4.79 Å². The molecule has 0 aliphatic carbocycles. The molecule has 1 fully saturated rings. The Morgan fingerprint density at radius 3 is 2.52 bits per heavy atom.